The number of rotatable bonds is 4. The molecule has 0 radical (unpaired) electrons. The van der Waals surface area contributed by atoms with Crippen molar-refractivity contribution in [3.05, 3.63) is 21.6 Å². The Bertz CT molecular complexity index is 309. The Morgan fingerprint density at radius 1 is 1.54 bits per heavy atom. The Morgan fingerprint density at radius 2 is 2.23 bits per heavy atom. The average molecular weight is 187 g/mol. The Kier molecular flexibility index (Phi) is 2.93. The van der Waals surface area contributed by atoms with Crippen molar-refractivity contribution in [1.29, 1.82) is 0 Å². The molecule has 1 aromatic rings. The fourth-order valence-electron chi connectivity index (χ4n) is 0.959. The molecular formula is C6H9N3O4. The summed E-state index contributed by atoms with van der Waals surface area (Å²) in [5.74, 6) is -0.131. The molecule has 0 saturated carbocycles. The number of nitrogens with zero attached hydrogens (tertiary/aromatic N) is 2. The minimum absolute atomic E-state index is 0.104. The fourth-order valence-corrected chi connectivity index (χ4v) is 0.959. The molecule has 0 saturated heterocycles. The third kappa shape index (κ3) is 2.01. The lowest BCUT2D eigenvalue weighted by molar-refractivity contribution is -0.390. The van der Waals surface area contributed by atoms with Gasteiger partial charge in [-0.2, -0.15) is 0 Å². The summed E-state index contributed by atoms with van der Waals surface area (Å²) in [5.41, 5.74) is 0.163. The molecule has 13 heavy (non-hydrogen) atoms. The van der Waals surface area contributed by atoms with Crippen molar-refractivity contribution in [3.63, 3.8) is 0 Å². The van der Waals surface area contributed by atoms with Crippen LogP contribution in [0.4, 0.5) is 5.82 Å². The van der Waals surface area contributed by atoms with E-state index < -0.39 is 4.92 Å². The lowest BCUT2D eigenvalue weighted by Gasteiger charge is -1.92. The number of aliphatic hydroxyl groups excluding tert-OH is 2. The Labute approximate surface area is 73.2 Å². The van der Waals surface area contributed by atoms with Crippen molar-refractivity contribution in [2.75, 3.05) is 6.61 Å². The van der Waals surface area contributed by atoms with Crippen molar-refractivity contribution < 1.29 is 15.1 Å². The number of imidazole rings is 1. The molecule has 0 unspecified atom stereocenters. The zero-order valence-electron chi connectivity index (χ0n) is 6.73. The molecule has 0 fully saturated rings. The first-order valence-electron chi connectivity index (χ1n) is 3.63. The molecule has 7 heteroatoms. The van der Waals surface area contributed by atoms with Crippen molar-refractivity contribution >= 4 is 5.82 Å². The number of aliphatic hydroxyl groups is 2. The zero-order valence-corrected chi connectivity index (χ0v) is 6.73. The molecular weight excluding hydrogens is 178 g/mol. The van der Waals surface area contributed by atoms with E-state index in [1.807, 2.05) is 0 Å². The highest BCUT2D eigenvalue weighted by molar-refractivity contribution is 5.28. The molecule has 1 heterocycles. The number of hydrogen-bond acceptors (Lipinski definition) is 5. The summed E-state index contributed by atoms with van der Waals surface area (Å²) in [6, 6.07) is 0. The quantitative estimate of drug-likeness (QED) is 0.428. The predicted octanol–water partition coefficient (Wildman–Crippen LogP) is -0.655. The maximum absolute atomic E-state index is 10.4. The SMILES string of the molecule is O=[N+]([O-])c1[nH]c(CO)nc1CCO. The molecule has 3 N–H and O–H groups in total. The normalized spacial score (nSPS) is 10.3. The topological polar surface area (TPSA) is 112 Å². The Balaban J connectivity index is 3.00. The van der Waals surface area contributed by atoms with Gasteiger partial charge in [0.2, 0.25) is 5.82 Å². The van der Waals surface area contributed by atoms with Crippen LogP contribution in [-0.4, -0.2) is 31.7 Å². The molecule has 0 aliphatic rings. The lowest BCUT2D eigenvalue weighted by Crippen LogP contribution is -1.97. The number of nitrogens with one attached hydrogen (secondary N) is 1. The molecule has 0 aromatic carbocycles. The van der Waals surface area contributed by atoms with Crippen LogP contribution < -0.4 is 0 Å². The molecule has 0 bridgehead atoms. The second kappa shape index (κ2) is 3.97. The molecule has 0 spiro atoms. The number of aromatic nitrogens is 2. The lowest BCUT2D eigenvalue weighted by atomic mass is 10.3. The Hall–Kier alpha value is -1.47. The van der Waals surface area contributed by atoms with Crippen molar-refractivity contribution in [2.24, 2.45) is 0 Å². The number of H-pyrrole nitrogens is 1. The maximum atomic E-state index is 10.4. The van der Waals surface area contributed by atoms with Gasteiger partial charge in [-0.05, 0) is 4.92 Å². The van der Waals surface area contributed by atoms with Crippen molar-refractivity contribution in [3.8, 4) is 0 Å². The fraction of sp³-hybridized carbons (Fsp3) is 0.500. The van der Waals surface area contributed by atoms with E-state index in [9.17, 15) is 10.1 Å². The van der Waals surface area contributed by atoms with Gasteiger partial charge in [0.15, 0.2) is 0 Å². The average Bonchev–Trinajstić information content (AvgIpc) is 2.48. The first-order chi connectivity index (χ1) is 6.19. The molecule has 7 nitrogen and oxygen atoms in total. The highest BCUT2D eigenvalue weighted by atomic mass is 16.6. The highest BCUT2D eigenvalue weighted by Crippen LogP contribution is 2.15. The minimum Gasteiger partial charge on any atom is -0.396 e. The first-order valence-corrected chi connectivity index (χ1v) is 3.63. The van der Waals surface area contributed by atoms with E-state index in [0.717, 1.165) is 0 Å². The van der Waals surface area contributed by atoms with Gasteiger partial charge in [-0.1, -0.05) is 0 Å². The monoisotopic (exact) mass is 187 g/mol. The van der Waals surface area contributed by atoms with Crippen LogP contribution in [0.25, 0.3) is 0 Å². The molecule has 0 atom stereocenters. The van der Waals surface area contributed by atoms with E-state index in [-0.39, 0.29) is 37.0 Å². The van der Waals surface area contributed by atoms with Gasteiger partial charge in [0.25, 0.3) is 0 Å². The molecule has 1 aromatic heterocycles. The van der Waals surface area contributed by atoms with E-state index in [1.165, 1.54) is 0 Å². The Morgan fingerprint density at radius 3 is 2.69 bits per heavy atom. The van der Waals surface area contributed by atoms with Gasteiger partial charge >= 0.3 is 5.82 Å². The van der Waals surface area contributed by atoms with Crippen LogP contribution >= 0.6 is 0 Å². The molecule has 0 aliphatic heterocycles. The number of aromatic amines is 1. The van der Waals surface area contributed by atoms with Gasteiger partial charge < -0.3 is 20.3 Å². The second-order valence-corrected chi connectivity index (χ2v) is 2.37. The van der Waals surface area contributed by atoms with E-state index in [4.69, 9.17) is 10.2 Å². The van der Waals surface area contributed by atoms with E-state index in [0.29, 0.717) is 0 Å². The zero-order chi connectivity index (χ0) is 9.84. The van der Waals surface area contributed by atoms with Crippen molar-refractivity contribution in [1.82, 2.24) is 9.97 Å². The van der Waals surface area contributed by atoms with E-state index in [2.05, 4.69) is 9.97 Å². The summed E-state index contributed by atoms with van der Waals surface area (Å²) in [5, 5.41) is 27.6. The van der Waals surface area contributed by atoms with Crippen molar-refractivity contribution in [2.45, 2.75) is 13.0 Å². The van der Waals surface area contributed by atoms with Gasteiger partial charge in [-0.3, -0.25) is 0 Å². The van der Waals surface area contributed by atoms with E-state index >= 15 is 0 Å². The standard InChI is InChI=1S/C6H9N3O4/c10-2-1-4-6(9(12)13)8-5(3-11)7-4/h10-11H,1-3H2,(H,7,8). The van der Waals surface area contributed by atoms with Crippen LogP contribution in [-0.2, 0) is 13.0 Å². The third-order valence-electron chi connectivity index (χ3n) is 1.49. The minimum atomic E-state index is -0.628. The summed E-state index contributed by atoms with van der Waals surface area (Å²) < 4.78 is 0. The molecule has 72 valence electrons. The first kappa shape index (κ1) is 9.62. The smallest absolute Gasteiger partial charge is 0.344 e. The van der Waals surface area contributed by atoms with Crippen LogP contribution in [0.1, 0.15) is 11.5 Å². The molecule has 0 amide bonds. The predicted molar refractivity (Wildman–Crippen MR) is 42.0 cm³/mol. The summed E-state index contributed by atoms with van der Waals surface area (Å²) in [4.78, 5) is 15.8. The summed E-state index contributed by atoms with van der Waals surface area (Å²) in [7, 11) is 0. The van der Waals surface area contributed by atoms with Gasteiger partial charge in [0.1, 0.15) is 12.3 Å². The highest BCUT2D eigenvalue weighted by Gasteiger charge is 2.18. The van der Waals surface area contributed by atoms with Crippen LogP contribution in [0.3, 0.4) is 0 Å². The number of nitro groups is 1. The molecule has 1 rings (SSSR count). The third-order valence-corrected chi connectivity index (χ3v) is 1.49. The van der Waals surface area contributed by atoms with Gasteiger partial charge in [-0.25, -0.2) is 9.97 Å². The summed E-state index contributed by atoms with van der Waals surface area (Å²) in [6.45, 7) is -0.594. The molecule has 0 aliphatic carbocycles. The summed E-state index contributed by atoms with van der Waals surface area (Å²) in [6.07, 6.45) is 0.104. The number of hydrogen-bond donors (Lipinski definition) is 3. The van der Waals surface area contributed by atoms with Gasteiger partial charge in [0.05, 0.1) is 0 Å². The maximum Gasteiger partial charge on any atom is 0.344 e. The largest absolute Gasteiger partial charge is 0.396 e. The van der Waals surface area contributed by atoms with Crippen LogP contribution in [0.5, 0.6) is 0 Å². The van der Waals surface area contributed by atoms with Gasteiger partial charge in [-0.15, -0.1) is 0 Å². The summed E-state index contributed by atoms with van der Waals surface area (Å²) >= 11 is 0. The second-order valence-electron chi connectivity index (χ2n) is 2.37. The van der Waals surface area contributed by atoms with E-state index in [1.54, 1.807) is 0 Å². The van der Waals surface area contributed by atoms with Crippen LogP contribution in [0.2, 0.25) is 0 Å². The van der Waals surface area contributed by atoms with Crippen LogP contribution in [0.15, 0.2) is 0 Å². The van der Waals surface area contributed by atoms with Gasteiger partial charge in [0, 0.05) is 13.0 Å². The van der Waals surface area contributed by atoms with Crippen LogP contribution in [0, 0.1) is 10.1 Å².